The molecule has 0 aliphatic carbocycles. The van der Waals surface area contributed by atoms with Crippen LogP contribution in [-0.2, 0) is 11.2 Å². The van der Waals surface area contributed by atoms with Gasteiger partial charge >= 0.3 is 0 Å². The third-order valence-electron chi connectivity index (χ3n) is 3.86. The number of amides is 1. The number of nitrogen functional groups attached to an aromatic ring is 1. The van der Waals surface area contributed by atoms with Crippen LogP contribution in [0.4, 0.5) is 11.4 Å². The summed E-state index contributed by atoms with van der Waals surface area (Å²) in [5.74, 6) is -0.0186. The third kappa shape index (κ3) is 3.98. The predicted octanol–water partition coefficient (Wildman–Crippen LogP) is 3.90. The summed E-state index contributed by atoms with van der Waals surface area (Å²) in [7, 11) is 0. The van der Waals surface area contributed by atoms with E-state index in [1.165, 1.54) is 0 Å². The molecule has 0 saturated carbocycles. The molecule has 24 heavy (non-hydrogen) atoms. The number of para-hydroxylation sites is 1. The van der Waals surface area contributed by atoms with Crippen LogP contribution in [0.3, 0.4) is 0 Å². The van der Waals surface area contributed by atoms with Crippen molar-refractivity contribution < 1.29 is 4.79 Å². The molecule has 3 N–H and O–H groups in total. The van der Waals surface area contributed by atoms with Crippen molar-refractivity contribution in [3.05, 3.63) is 78.6 Å². The first-order valence-corrected chi connectivity index (χ1v) is 7.86. The number of nitrogens with one attached hydrogen (secondary N) is 1. The molecule has 3 rings (SSSR count). The van der Waals surface area contributed by atoms with Crippen LogP contribution in [0.5, 0.6) is 0 Å². The fourth-order valence-corrected chi connectivity index (χ4v) is 2.52. The Balaban J connectivity index is 1.58. The van der Waals surface area contributed by atoms with Gasteiger partial charge in [0, 0.05) is 30.2 Å². The summed E-state index contributed by atoms with van der Waals surface area (Å²) >= 11 is 0. The molecule has 120 valence electrons. The lowest BCUT2D eigenvalue weighted by atomic mass is 10.1. The van der Waals surface area contributed by atoms with Crippen molar-refractivity contribution in [3.8, 4) is 11.1 Å². The Kier molecular flexibility index (Phi) is 4.87. The number of aromatic nitrogens is 1. The van der Waals surface area contributed by atoms with E-state index in [4.69, 9.17) is 5.73 Å². The van der Waals surface area contributed by atoms with Crippen LogP contribution in [0, 0.1) is 0 Å². The van der Waals surface area contributed by atoms with Gasteiger partial charge in [0.25, 0.3) is 0 Å². The Morgan fingerprint density at radius 3 is 2.29 bits per heavy atom. The van der Waals surface area contributed by atoms with Crippen molar-refractivity contribution in [2.24, 2.45) is 0 Å². The van der Waals surface area contributed by atoms with Gasteiger partial charge in [0.2, 0.25) is 5.91 Å². The summed E-state index contributed by atoms with van der Waals surface area (Å²) in [5, 5.41) is 2.92. The number of nitrogens with two attached hydrogens (primary N) is 1. The molecule has 0 aliphatic rings. The molecule has 1 heterocycles. The van der Waals surface area contributed by atoms with E-state index >= 15 is 0 Å². The summed E-state index contributed by atoms with van der Waals surface area (Å²) in [6, 6.07) is 19.3. The van der Waals surface area contributed by atoms with Crippen LogP contribution in [-0.4, -0.2) is 10.9 Å². The molecule has 0 saturated heterocycles. The zero-order valence-corrected chi connectivity index (χ0v) is 13.3. The molecule has 0 unspecified atom stereocenters. The van der Waals surface area contributed by atoms with Gasteiger partial charge in [-0.3, -0.25) is 9.78 Å². The number of hydrogen-bond donors (Lipinski definition) is 2. The van der Waals surface area contributed by atoms with Crippen LogP contribution >= 0.6 is 0 Å². The Bertz CT molecular complexity index is 814. The minimum atomic E-state index is -0.0186. The molecule has 2 aromatic carbocycles. The topological polar surface area (TPSA) is 68.0 Å². The summed E-state index contributed by atoms with van der Waals surface area (Å²) < 4.78 is 0. The first-order chi connectivity index (χ1) is 11.7. The third-order valence-corrected chi connectivity index (χ3v) is 3.86. The number of benzene rings is 2. The minimum Gasteiger partial charge on any atom is -0.399 e. The Morgan fingerprint density at radius 2 is 1.58 bits per heavy atom. The van der Waals surface area contributed by atoms with Gasteiger partial charge in [0.05, 0.1) is 0 Å². The molecule has 0 spiro atoms. The Hall–Kier alpha value is -3.14. The van der Waals surface area contributed by atoms with E-state index in [1.807, 2.05) is 60.7 Å². The number of nitrogens with zero attached hydrogens (tertiary/aromatic N) is 1. The van der Waals surface area contributed by atoms with Crippen LogP contribution < -0.4 is 11.1 Å². The monoisotopic (exact) mass is 317 g/mol. The highest BCUT2D eigenvalue weighted by atomic mass is 16.1. The fraction of sp³-hybridized carbons (Fsp3) is 0.100. The smallest absolute Gasteiger partial charge is 0.224 e. The maximum Gasteiger partial charge on any atom is 0.224 e. The molecule has 4 nitrogen and oxygen atoms in total. The highest BCUT2D eigenvalue weighted by Crippen LogP contribution is 2.21. The van der Waals surface area contributed by atoms with Gasteiger partial charge in [-0.1, -0.05) is 30.3 Å². The van der Waals surface area contributed by atoms with Gasteiger partial charge in [0.15, 0.2) is 0 Å². The molecule has 4 heteroatoms. The number of carbonyl (C=O) groups is 1. The van der Waals surface area contributed by atoms with Crippen molar-refractivity contribution in [2.45, 2.75) is 12.8 Å². The first kappa shape index (κ1) is 15.7. The molecule has 1 amide bonds. The first-order valence-electron chi connectivity index (χ1n) is 7.86. The number of rotatable bonds is 5. The molecule has 0 aliphatic heterocycles. The maximum atomic E-state index is 12.1. The fourth-order valence-electron chi connectivity index (χ4n) is 2.52. The lowest BCUT2D eigenvalue weighted by Crippen LogP contribution is -2.12. The molecule has 1 aromatic heterocycles. The van der Waals surface area contributed by atoms with Crippen LogP contribution in [0.2, 0.25) is 0 Å². The van der Waals surface area contributed by atoms with Crippen molar-refractivity contribution in [1.29, 1.82) is 0 Å². The highest BCUT2D eigenvalue weighted by molar-refractivity contribution is 5.91. The van der Waals surface area contributed by atoms with Crippen LogP contribution in [0.25, 0.3) is 11.1 Å². The largest absolute Gasteiger partial charge is 0.399 e. The van der Waals surface area contributed by atoms with E-state index < -0.39 is 0 Å². The molecular weight excluding hydrogens is 298 g/mol. The Labute approximate surface area is 141 Å². The molecule has 3 aromatic rings. The van der Waals surface area contributed by atoms with Gasteiger partial charge in [-0.25, -0.2) is 0 Å². The van der Waals surface area contributed by atoms with E-state index in [0.29, 0.717) is 12.8 Å². The number of hydrogen-bond acceptors (Lipinski definition) is 3. The minimum absolute atomic E-state index is 0.0186. The number of carbonyl (C=O) groups excluding carboxylic acids is 1. The molecule has 0 bridgehead atoms. The van der Waals surface area contributed by atoms with E-state index in [2.05, 4.69) is 10.3 Å². The number of anilines is 2. The average Bonchev–Trinajstić information content (AvgIpc) is 2.62. The lowest BCUT2D eigenvalue weighted by molar-refractivity contribution is -0.116. The normalized spacial score (nSPS) is 10.3. The van der Waals surface area contributed by atoms with Crippen molar-refractivity contribution in [2.75, 3.05) is 11.1 Å². The summed E-state index contributed by atoms with van der Waals surface area (Å²) in [6.07, 6.45) is 4.56. The van der Waals surface area contributed by atoms with Crippen LogP contribution in [0.1, 0.15) is 12.0 Å². The van der Waals surface area contributed by atoms with Crippen molar-refractivity contribution >= 4 is 17.3 Å². The second-order valence-corrected chi connectivity index (χ2v) is 5.56. The molecular formula is C20H19N3O. The van der Waals surface area contributed by atoms with E-state index in [-0.39, 0.29) is 5.91 Å². The SMILES string of the molecule is Nc1ccccc1CCC(=O)Nc1ccc(-c2ccncc2)cc1. The second kappa shape index (κ2) is 7.42. The number of aryl methyl sites for hydroxylation is 1. The maximum absolute atomic E-state index is 12.1. The van der Waals surface area contributed by atoms with Crippen LogP contribution in [0.15, 0.2) is 73.1 Å². The van der Waals surface area contributed by atoms with E-state index in [0.717, 1.165) is 28.1 Å². The average molecular weight is 317 g/mol. The molecule has 0 radical (unpaired) electrons. The van der Waals surface area contributed by atoms with Gasteiger partial charge in [-0.2, -0.15) is 0 Å². The van der Waals surface area contributed by atoms with Gasteiger partial charge < -0.3 is 11.1 Å². The van der Waals surface area contributed by atoms with Gasteiger partial charge in [-0.05, 0) is 53.4 Å². The van der Waals surface area contributed by atoms with Gasteiger partial charge in [0.1, 0.15) is 0 Å². The van der Waals surface area contributed by atoms with Crippen molar-refractivity contribution in [3.63, 3.8) is 0 Å². The van der Waals surface area contributed by atoms with E-state index in [1.54, 1.807) is 12.4 Å². The number of pyridine rings is 1. The van der Waals surface area contributed by atoms with E-state index in [9.17, 15) is 4.79 Å². The quantitative estimate of drug-likeness (QED) is 0.701. The zero-order chi connectivity index (χ0) is 16.8. The van der Waals surface area contributed by atoms with Gasteiger partial charge in [-0.15, -0.1) is 0 Å². The summed E-state index contributed by atoms with van der Waals surface area (Å²) in [5.41, 5.74) is 10.6. The highest BCUT2D eigenvalue weighted by Gasteiger charge is 2.05. The second-order valence-electron chi connectivity index (χ2n) is 5.56. The zero-order valence-electron chi connectivity index (χ0n) is 13.3. The molecule has 0 fully saturated rings. The summed E-state index contributed by atoms with van der Waals surface area (Å²) in [4.78, 5) is 16.1. The predicted molar refractivity (Wildman–Crippen MR) is 97.5 cm³/mol. The van der Waals surface area contributed by atoms with Crippen molar-refractivity contribution in [1.82, 2.24) is 4.98 Å². The summed E-state index contributed by atoms with van der Waals surface area (Å²) in [6.45, 7) is 0. The standard InChI is InChI=1S/C20H19N3O/c21-19-4-2-1-3-17(19)7-10-20(24)23-18-8-5-15(6-9-18)16-11-13-22-14-12-16/h1-6,8-9,11-14H,7,10,21H2,(H,23,24). The molecule has 0 atom stereocenters. The lowest BCUT2D eigenvalue weighted by Gasteiger charge is -2.08. The Morgan fingerprint density at radius 1 is 0.917 bits per heavy atom.